The largest absolute Gasteiger partial charge is 0.380 e. The summed E-state index contributed by atoms with van der Waals surface area (Å²) in [5, 5.41) is 5.66. The van der Waals surface area contributed by atoms with Gasteiger partial charge in [0.1, 0.15) is 0 Å². The van der Waals surface area contributed by atoms with Crippen LogP contribution < -0.4 is 10.2 Å². The van der Waals surface area contributed by atoms with E-state index in [4.69, 9.17) is 4.74 Å². The summed E-state index contributed by atoms with van der Waals surface area (Å²) in [6, 6.07) is 7.93. The maximum absolute atomic E-state index is 12.0. The minimum absolute atomic E-state index is 0.0279. The van der Waals surface area contributed by atoms with Crippen molar-refractivity contribution in [3.05, 3.63) is 47.0 Å². The molecule has 1 N–H and O–H groups in total. The molecule has 0 unspecified atom stereocenters. The van der Waals surface area contributed by atoms with E-state index in [1.807, 2.05) is 41.6 Å². The second kappa shape index (κ2) is 7.75. The van der Waals surface area contributed by atoms with Crippen molar-refractivity contribution < 1.29 is 9.53 Å². The van der Waals surface area contributed by atoms with Gasteiger partial charge < -0.3 is 15.0 Å². The normalized spacial score (nSPS) is 10.4. The number of likely N-dealkylation sites (N-methyl/N-ethyl adjacent to an activating group) is 1. The van der Waals surface area contributed by atoms with Crippen LogP contribution in [0.25, 0.3) is 0 Å². The van der Waals surface area contributed by atoms with Gasteiger partial charge in [-0.3, -0.25) is 4.79 Å². The molecular weight excluding hydrogens is 286 g/mol. The van der Waals surface area contributed by atoms with Crippen LogP contribution in [-0.2, 0) is 22.7 Å². The fraction of sp³-hybridized carbons (Fsp3) is 0.333. The number of ether oxygens (including phenoxy) is 1. The quantitative estimate of drug-likeness (QED) is 0.850. The highest BCUT2D eigenvalue weighted by molar-refractivity contribution is 7.13. The van der Waals surface area contributed by atoms with E-state index >= 15 is 0 Å². The van der Waals surface area contributed by atoms with Crippen LogP contribution in [0.15, 0.2) is 35.8 Å². The van der Waals surface area contributed by atoms with E-state index in [1.165, 1.54) is 11.3 Å². The number of aromatic nitrogens is 1. The Morgan fingerprint density at radius 3 is 2.81 bits per heavy atom. The highest BCUT2D eigenvalue weighted by Crippen LogP contribution is 2.14. The van der Waals surface area contributed by atoms with Crippen LogP contribution in [0.5, 0.6) is 0 Å². The third kappa shape index (κ3) is 4.54. The lowest BCUT2D eigenvalue weighted by molar-refractivity contribution is -0.119. The number of amides is 1. The Balaban J connectivity index is 1.86. The molecule has 0 saturated heterocycles. The smallest absolute Gasteiger partial charge is 0.239 e. The molecule has 0 saturated carbocycles. The SMILES string of the molecule is COCc1ccccc1CNC(=O)CN(C)c1nccs1. The van der Waals surface area contributed by atoms with Gasteiger partial charge in [-0.25, -0.2) is 4.98 Å². The molecule has 0 atom stereocenters. The molecule has 2 rings (SSSR count). The molecule has 2 aromatic rings. The monoisotopic (exact) mass is 305 g/mol. The second-order valence-corrected chi connectivity index (χ2v) is 5.52. The lowest BCUT2D eigenvalue weighted by Crippen LogP contribution is -2.34. The van der Waals surface area contributed by atoms with E-state index in [1.54, 1.807) is 13.3 Å². The van der Waals surface area contributed by atoms with Crippen molar-refractivity contribution in [3.63, 3.8) is 0 Å². The topological polar surface area (TPSA) is 54.5 Å². The van der Waals surface area contributed by atoms with E-state index in [2.05, 4.69) is 10.3 Å². The first kappa shape index (κ1) is 15.5. The van der Waals surface area contributed by atoms with E-state index < -0.39 is 0 Å². The Kier molecular flexibility index (Phi) is 5.71. The fourth-order valence-electron chi connectivity index (χ4n) is 1.96. The summed E-state index contributed by atoms with van der Waals surface area (Å²) in [6.07, 6.45) is 1.73. The van der Waals surface area contributed by atoms with E-state index in [0.717, 1.165) is 16.3 Å². The number of anilines is 1. The number of nitrogens with zero attached hydrogens (tertiary/aromatic N) is 2. The predicted molar refractivity (Wildman–Crippen MR) is 84.4 cm³/mol. The number of benzene rings is 1. The summed E-state index contributed by atoms with van der Waals surface area (Å²) in [6.45, 7) is 1.34. The molecule has 0 aliphatic rings. The van der Waals surface area contributed by atoms with Crippen LogP contribution in [-0.4, -0.2) is 31.6 Å². The van der Waals surface area contributed by atoms with Gasteiger partial charge in [-0.1, -0.05) is 24.3 Å². The average molecular weight is 305 g/mol. The molecule has 1 amide bonds. The van der Waals surface area contributed by atoms with Gasteiger partial charge >= 0.3 is 0 Å². The number of thiazole rings is 1. The maximum Gasteiger partial charge on any atom is 0.239 e. The number of nitrogens with one attached hydrogen (secondary N) is 1. The lowest BCUT2D eigenvalue weighted by Gasteiger charge is -2.16. The molecule has 0 aliphatic heterocycles. The Bertz CT molecular complexity index is 572. The van der Waals surface area contributed by atoms with Crippen molar-refractivity contribution in [2.45, 2.75) is 13.2 Å². The Morgan fingerprint density at radius 2 is 2.14 bits per heavy atom. The third-order valence-electron chi connectivity index (χ3n) is 3.02. The van der Waals surface area contributed by atoms with Crippen LogP contribution in [0.1, 0.15) is 11.1 Å². The molecule has 6 heteroatoms. The second-order valence-electron chi connectivity index (χ2n) is 4.65. The van der Waals surface area contributed by atoms with Crippen LogP contribution in [0.2, 0.25) is 0 Å². The Morgan fingerprint density at radius 1 is 1.38 bits per heavy atom. The van der Waals surface area contributed by atoms with Crippen molar-refractivity contribution in [1.29, 1.82) is 0 Å². The van der Waals surface area contributed by atoms with Crippen LogP contribution in [0, 0.1) is 0 Å². The summed E-state index contributed by atoms with van der Waals surface area (Å²) in [5.74, 6) is -0.0279. The lowest BCUT2D eigenvalue weighted by atomic mass is 10.1. The van der Waals surface area contributed by atoms with Gasteiger partial charge in [0.25, 0.3) is 0 Å². The van der Waals surface area contributed by atoms with Gasteiger partial charge in [-0.05, 0) is 11.1 Å². The van der Waals surface area contributed by atoms with Gasteiger partial charge in [0.05, 0.1) is 13.2 Å². The molecule has 5 nitrogen and oxygen atoms in total. The molecule has 1 aromatic carbocycles. The summed E-state index contributed by atoms with van der Waals surface area (Å²) < 4.78 is 5.16. The zero-order valence-electron chi connectivity index (χ0n) is 12.2. The minimum Gasteiger partial charge on any atom is -0.380 e. The molecule has 1 heterocycles. The van der Waals surface area contributed by atoms with Gasteiger partial charge in [0.2, 0.25) is 5.91 Å². The molecule has 0 aliphatic carbocycles. The number of hydrogen-bond acceptors (Lipinski definition) is 5. The zero-order chi connectivity index (χ0) is 15.1. The van der Waals surface area contributed by atoms with Gasteiger partial charge in [-0.2, -0.15) is 0 Å². The standard InChI is InChI=1S/C15H19N3O2S/c1-18(15-16-7-8-21-15)10-14(19)17-9-12-5-3-4-6-13(12)11-20-2/h3-8H,9-11H2,1-2H3,(H,17,19). The summed E-state index contributed by atoms with van der Waals surface area (Å²) >= 11 is 1.51. The highest BCUT2D eigenvalue weighted by Gasteiger charge is 2.09. The van der Waals surface area contributed by atoms with Crippen LogP contribution >= 0.6 is 11.3 Å². The summed E-state index contributed by atoms with van der Waals surface area (Å²) in [4.78, 5) is 18.0. The van der Waals surface area contributed by atoms with E-state index in [-0.39, 0.29) is 5.91 Å². The van der Waals surface area contributed by atoms with Crippen molar-refractivity contribution in [3.8, 4) is 0 Å². The van der Waals surface area contributed by atoms with Crippen LogP contribution in [0.3, 0.4) is 0 Å². The maximum atomic E-state index is 12.0. The van der Waals surface area contributed by atoms with Gasteiger partial charge in [0, 0.05) is 32.3 Å². The predicted octanol–water partition coefficient (Wildman–Crippen LogP) is 2.04. The minimum atomic E-state index is -0.0279. The van der Waals surface area contributed by atoms with E-state index in [9.17, 15) is 4.79 Å². The first-order chi connectivity index (χ1) is 10.2. The molecular formula is C15H19N3O2S. The number of methoxy groups -OCH3 is 1. The van der Waals surface area contributed by atoms with Crippen molar-refractivity contribution in [1.82, 2.24) is 10.3 Å². The fourth-order valence-corrected chi connectivity index (χ4v) is 2.57. The third-order valence-corrected chi connectivity index (χ3v) is 3.91. The number of carbonyl (C=O) groups excluding carboxylic acids is 1. The molecule has 21 heavy (non-hydrogen) atoms. The first-order valence-corrected chi connectivity index (χ1v) is 7.51. The number of rotatable bonds is 7. The molecule has 0 radical (unpaired) electrons. The van der Waals surface area contributed by atoms with Crippen molar-refractivity contribution >= 4 is 22.4 Å². The molecule has 0 spiro atoms. The van der Waals surface area contributed by atoms with Gasteiger partial charge in [0.15, 0.2) is 5.13 Å². The zero-order valence-corrected chi connectivity index (χ0v) is 13.0. The van der Waals surface area contributed by atoms with E-state index in [0.29, 0.717) is 19.7 Å². The van der Waals surface area contributed by atoms with Gasteiger partial charge in [-0.15, -0.1) is 11.3 Å². The molecule has 0 fully saturated rings. The first-order valence-electron chi connectivity index (χ1n) is 6.63. The van der Waals surface area contributed by atoms with Crippen molar-refractivity contribution in [2.75, 3.05) is 25.6 Å². The molecule has 1 aromatic heterocycles. The Hall–Kier alpha value is -1.92. The average Bonchev–Trinajstić information content (AvgIpc) is 3.01. The highest BCUT2D eigenvalue weighted by atomic mass is 32.1. The summed E-state index contributed by atoms with van der Waals surface area (Å²) in [7, 11) is 3.52. The van der Waals surface area contributed by atoms with Crippen LogP contribution in [0.4, 0.5) is 5.13 Å². The molecule has 0 bridgehead atoms. The molecule has 112 valence electrons. The summed E-state index contributed by atoms with van der Waals surface area (Å²) in [5.41, 5.74) is 2.16. The number of hydrogen-bond donors (Lipinski definition) is 1. The number of carbonyl (C=O) groups is 1. The Labute approximate surface area is 128 Å². The van der Waals surface area contributed by atoms with Crippen molar-refractivity contribution in [2.24, 2.45) is 0 Å².